The summed E-state index contributed by atoms with van der Waals surface area (Å²) < 4.78 is 0. The Labute approximate surface area is 166 Å². The first-order valence-electron chi connectivity index (χ1n) is 10.9. The average Bonchev–Trinajstić information content (AvgIpc) is 3.13. The molecule has 1 unspecified atom stereocenters. The Morgan fingerprint density at radius 3 is 2.52 bits per heavy atom. The SMILES string of the molecule is CCNC(=NCC1(C(=O)N(C)C)CCCC1)NCC1CCCN(C(C)C)C1. The lowest BCUT2D eigenvalue weighted by Gasteiger charge is -2.35. The van der Waals surface area contributed by atoms with Crippen LogP contribution >= 0.6 is 0 Å². The van der Waals surface area contributed by atoms with Gasteiger partial charge in [-0.3, -0.25) is 9.79 Å². The molecule has 1 saturated carbocycles. The smallest absolute Gasteiger partial charge is 0.230 e. The molecule has 1 amide bonds. The fourth-order valence-electron chi connectivity index (χ4n) is 4.51. The van der Waals surface area contributed by atoms with E-state index in [-0.39, 0.29) is 11.3 Å². The molecule has 1 heterocycles. The van der Waals surface area contributed by atoms with E-state index in [1.54, 1.807) is 4.90 Å². The topological polar surface area (TPSA) is 60.0 Å². The summed E-state index contributed by atoms with van der Waals surface area (Å²) in [6.07, 6.45) is 6.73. The highest BCUT2D eigenvalue weighted by Crippen LogP contribution is 2.39. The summed E-state index contributed by atoms with van der Waals surface area (Å²) in [6, 6.07) is 0.619. The lowest BCUT2D eigenvalue weighted by atomic mass is 9.85. The Balaban J connectivity index is 1.96. The van der Waals surface area contributed by atoms with Crippen LogP contribution < -0.4 is 10.6 Å². The number of likely N-dealkylation sites (tertiary alicyclic amines) is 1. The first kappa shape index (κ1) is 22.0. The van der Waals surface area contributed by atoms with Crippen LogP contribution in [0, 0.1) is 11.3 Å². The first-order chi connectivity index (χ1) is 12.9. The molecule has 1 aliphatic heterocycles. The fraction of sp³-hybridized carbons (Fsp3) is 0.905. The van der Waals surface area contributed by atoms with Crippen LogP contribution in [0.3, 0.4) is 0 Å². The Morgan fingerprint density at radius 2 is 1.93 bits per heavy atom. The van der Waals surface area contributed by atoms with Crippen molar-refractivity contribution in [1.29, 1.82) is 0 Å². The summed E-state index contributed by atoms with van der Waals surface area (Å²) in [4.78, 5) is 21.9. The van der Waals surface area contributed by atoms with Gasteiger partial charge in [0.15, 0.2) is 5.96 Å². The maximum atomic E-state index is 12.8. The minimum absolute atomic E-state index is 0.236. The highest BCUT2D eigenvalue weighted by atomic mass is 16.2. The van der Waals surface area contributed by atoms with Gasteiger partial charge in [-0.05, 0) is 58.9 Å². The van der Waals surface area contributed by atoms with Crippen LogP contribution in [0.2, 0.25) is 0 Å². The zero-order valence-electron chi connectivity index (χ0n) is 18.2. The van der Waals surface area contributed by atoms with Gasteiger partial charge in [0.05, 0.1) is 12.0 Å². The minimum atomic E-state index is -0.300. The van der Waals surface area contributed by atoms with Gasteiger partial charge in [-0.25, -0.2) is 0 Å². The van der Waals surface area contributed by atoms with Crippen molar-refractivity contribution in [3.05, 3.63) is 0 Å². The van der Waals surface area contributed by atoms with Crippen LogP contribution in [0.5, 0.6) is 0 Å². The number of amides is 1. The summed E-state index contributed by atoms with van der Waals surface area (Å²) in [7, 11) is 3.72. The van der Waals surface area contributed by atoms with Gasteiger partial charge in [0.25, 0.3) is 0 Å². The fourth-order valence-corrected chi connectivity index (χ4v) is 4.51. The van der Waals surface area contributed by atoms with Crippen LogP contribution in [-0.4, -0.2) is 74.5 Å². The molecule has 6 nitrogen and oxygen atoms in total. The average molecular weight is 380 g/mol. The van der Waals surface area contributed by atoms with Crippen molar-refractivity contribution < 1.29 is 4.79 Å². The molecule has 27 heavy (non-hydrogen) atoms. The van der Waals surface area contributed by atoms with Gasteiger partial charge in [0.1, 0.15) is 0 Å². The third-order valence-electron chi connectivity index (χ3n) is 6.14. The molecule has 0 spiro atoms. The van der Waals surface area contributed by atoms with Crippen LogP contribution in [0.4, 0.5) is 0 Å². The predicted molar refractivity (Wildman–Crippen MR) is 113 cm³/mol. The molecular formula is C21H41N5O. The van der Waals surface area contributed by atoms with Gasteiger partial charge in [-0.1, -0.05) is 12.8 Å². The molecule has 2 N–H and O–H groups in total. The molecule has 0 aromatic rings. The van der Waals surface area contributed by atoms with E-state index in [0.717, 1.165) is 51.3 Å². The monoisotopic (exact) mass is 379 g/mol. The van der Waals surface area contributed by atoms with Gasteiger partial charge >= 0.3 is 0 Å². The van der Waals surface area contributed by atoms with E-state index in [9.17, 15) is 4.79 Å². The van der Waals surface area contributed by atoms with E-state index >= 15 is 0 Å². The van der Waals surface area contributed by atoms with E-state index in [1.807, 2.05) is 14.1 Å². The number of carbonyl (C=O) groups excluding carboxylic acids is 1. The second kappa shape index (κ2) is 10.3. The lowest BCUT2D eigenvalue weighted by Crippen LogP contribution is -2.47. The van der Waals surface area contributed by atoms with Crippen molar-refractivity contribution in [2.24, 2.45) is 16.3 Å². The molecule has 6 heteroatoms. The molecule has 2 fully saturated rings. The van der Waals surface area contributed by atoms with Crippen molar-refractivity contribution in [3.8, 4) is 0 Å². The number of guanidine groups is 1. The van der Waals surface area contributed by atoms with E-state index in [0.29, 0.717) is 18.5 Å². The molecule has 0 aromatic heterocycles. The molecule has 1 atom stereocenters. The second-order valence-electron chi connectivity index (χ2n) is 8.86. The van der Waals surface area contributed by atoms with Crippen LogP contribution in [0.25, 0.3) is 0 Å². The van der Waals surface area contributed by atoms with Crippen LogP contribution in [0.15, 0.2) is 4.99 Å². The maximum absolute atomic E-state index is 12.8. The molecule has 156 valence electrons. The quantitative estimate of drug-likeness (QED) is 0.526. The standard InChI is InChI=1S/C21H41N5O/c1-6-22-20(23-14-18-10-9-13-26(15-18)17(2)3)24-16-21(11-7-8-12-21)19(27)25(4)5/h17-18H,6-16H2,1-5H3,(H2,22,23,24). The van der Waals surface area contributed by atoms with Crippen LogP contribution in [-0.2, 0) is 4.79 Å². The summed E-state index contributed by atoms with van der Waals surface area (Å²) in [5.41, 5.74) is -0.300. The van der Waals surface area contributed by atoms with Crippen molar-refractivity contribution in [1.82, 2.24) is 20.4 Å². The predicted octanol–water partition coefficient (Wildman–Crippen LogP) is 2.31. The van der Waals surface area contributed by atoms with Crippen LogP contribution in [0.1, 0.15) is 59.3 Å². The third-order valence-corrected chi connectivity index (χ3v) is 6.14. The molecule has 0 radical (unpaired) electrons. The number of carbonyl (C=O) groups is 1. The summed E-state index contributed by atoms with van der Waals surface area (Å²) in [6.45, 7) is 11.4. The van der Waals surface area contributed by atoms with Gasteiger partial charge in [-0.2, -0.15) is 0 Å². The largest absolute Gasteiger partial charge is 0.357 e. The normalized spacial score (nSPS) is 23.5. The molecule has 0 bridgehead atoms. The Morgan fingerprint density at radius 1 is 1.22 bits per heavy atom. The summed E-state index contributed by atoms with van der Waals surface area (Å²) >= 11 is 0. The van der Waals surface area contributed by atoms with Gasteiger partial charge in [0.2, 0.25) is 5.91 Å². The molecule has 1 saturated heterocycles. The molecular weight excluding hydrogens is 338 g/mol. The van der Waals surface area contributed by atoms with E-state index in [1.165, 1.54) is 19.4 Å². The molecule has 2 aliphatic rings. The number of rotatable bonds is 7. The zero-order valence-corrected chi connectivity index (χ0v) is 18.2. The number of hydrogen-bond acceptors (Lipinski definition) is 3. The Kier molecular flexibility index (Phi) is 8.39. The number of nitrogens with zero attached hydrogens (tertiary/aromatic N) is 3. The molecule has 2 rings (SSSR count). The van der Waals surface area contributed by atoms with E-state index in [2.05, 4.69) is 36.3 Å². The van der Waals surface area contributed by atoms with Gasteiger partial charge < -0.3 is 20.4 Å². The zero-order chi connectivity index (χ0) is 19.9. The molecule has 1 aliphatic carbocycles. The summed E-state index contributed by atoms with van der Waals surface area (Å²) in [5, 5.41) is 6.91. The van der Waals surface area contributed by atoms with E-state index < -0.39 is 0 Å². The Hall–Kier alpha value is -1.30. The van der Waals surface area contributed by atoms with Crippen molar-refractivity contribution in [3.63, 3.8) is 0 Å². The second-order valence-corrected chi connectivity index (χ2v) is 8.86. The Bertz CT molecular complexity index is 497. The van der Waals surface area contributed by atoms with Crippen molar-refractivity contribution >= 4 is 11.9 Å². The third kappa shape index (κ3) is 6.09. The highest BCUT2D eigenvalue weighted by molar-refractivity contribution is 5.84. The first-order valence-corrected chi connectivity index (χ1v) is 10.9. The van der Waals surface area contributed by atoms with E-state index in [4.69, 9.17) is 4.99 Å². The maximum Gasteiger partial charge on any atom is 0.230 e. The van der Waals surface area contributed by atoms with Crippen molar-refractivity contribution in [2.75, 3.05) is 46.8 Å². The number of piperidine rings is 1. The summed E-state index contributed by atoms with van der Waals surface area (Å²) in [5.74, 6) is 1.75. The highest BCUT2D eigenvalue weighted by Gasteiger charge is 2.42. The van der Waals surface area contributed by atoms with Gasteiger partial charge in [-0.15, -0.1) is 0 Å². The number of hydrogen-bond donors (Lipinski definition) is 2. The lowest BCUT2D eigenvalue weighted by molar-refractivity contribution is -0.138. The number of aliphatic imine (C=N–C) groups is 1. The van der Waals surface area contributed by atoms with Crippen molar-refractivity contribution in [2.45, 2.75) is 65.3 Å². The van der Waals surface area contributed by atoms with Gasteiger partial charge in [0, 0.05) is 39.8 Å². The number of nitrogens with one attached hydrogen (secondary N) is 2. The molecule has 0 aromatic carbocycles. The minimum Gasteiger partial charge on any atom is -0.357 e.